The van der Waals surface area contributed by atoms with Crippen LogP contribution in [0.1, 0.15) is 43.0 Å². The van der Waals surface area contributed by atoms with Gasteiger partial charge in [-0.3, -0.25) is 9.80 Å². The smallest absolute Gasteiger partial charge is 0.0302 e. The number of nitrogens with one attached hydrogen (secondary N) is 1. The fraction of sp³-hybridized carbons (Fsp3) is 0.765. The second-order valence-electron chi connectivity index (χ2n) is 7.27. The van der Waals surface area contributed by atoms with E-state index in [9.17, 15) is 0 Å². The topological polar surface area (TPSA) is 18.5 Å². The highest BCUT2D eigenvalue weighted by molar-refractivity contribution is 7.12. The van der Waals surface area contributed by atoms with Gasteiger partial charge in [-0.1, -0.05) is 13.8 Å². The number of nitrogens with zero attached hydrogens (tertiary/aromatic N) is 2. The van der Waals surface area contributed by atoms with Crippen molar-refractivity contribution in [3.63, 3.8) is 0 Å². The highest BCUT2D eigenvalue weighted by Crippen LogP contribution is 2.26. The van der Waals surface area contributed by atoms with Crippen molar-refractivity contribution in [2.24, 2.45) is 0 Å². The monoisotopic (exact) mass is 309 g/mol. The van der Waals surface area contributed by atoms with E-state index < -0.39 is 0 Å². The molecule has 0 spiro atoms. The minimum atomic E-state index is 0.282. The summed E-state index contributed by atoms with van der Waals surface area (Å²) >= 11 is 1.95. The Morgan fingerprint density at radius 2 is 2.05 bits per heavy atom. The van der Waals surface area contributed by atoms with E-state index in [1.54, 1.807) is 0 Å². The molecule has 120 valence electrons. The van der Waals surface area contributed by atoms with Gasteiger partial charge in [-0.2, -0.15) is 0 Å². The number of aryl methyl sites for hydroxylation is 1. The molecular formula is C17H31N3S. The maximum absolute atomic E-state index is 3.51. The maximum atomic E-state index is 3.51. The third-order valence-corrected chi connectivity index (χ3v) is 5.64. The summed E-state index contributed by atoms with van der Waals surface area (Å²) in [7, 11) is 2.24. The second kappa shape index (κ2) is 6.78. The van der Waals surface area contributed by atoms with Crippen molar-refractivity contribution in [2.45, 2.75) is 59.3 Å². The van der Waals surface area contributed by atoms with Gasteiger partial charge in [-0.05, 0) is 39.4 Å². The van der Waals surface area contributed by atoms with Crippen LogP contribution in [0, 0.1) is 6.92 Å². The maximum Gasteiger partial charge on any atom is 0.0302 e. The fourth-order valence-corrected chi connectivity index (χ4v) is 3.86. The molecule has 1 aromatic heterocycles. The third-order valence-electron chi connectivity index (χ3n) is 4.55. The van der Waals surface area contributed by atoms with Gasteiger partial charge in [0.15, 0.2) is 0 Å². The van der Waals surface area contributed by atoms with Crippen LogP contribution < -0.4 is 5.32 Å². The molecule has 1 aliphatic heterocycles. The van der Waals surface area contributed by atoms with E-state index in [1.807, 2.05) is 11.3 Å². The van der Waals surface area contributed by atoms with Crippen molar-refractivity contribution in [2.75, 3.05) is 26.7 Å². The van der Waals surface area contributed by atoms with Gasteiger partial charge in [0.2, 0.25) is 0 Å². The Balaban J connectivity index is 1.97. The van der Waals surface area contributed by atoms with E-state index in [1.165, 1.54) is 21.9 Å². The number of hydrogen-bond donors (Lipinski definition) is 1. The van der Waals surface area contributed by atoms with Crippen LogP contribution in [0.4, 0.5) is 0 Å². The van der Waals surface area contributed by atoms with Gasteiger partial charge in [0.1, 0.15) is 0 Å². The molecule has 4 heteroatoms. The number of likely N-dealkylation sites (N-methyl/N-ethyl adjacent to an activating group) is 1. The van der Waals surface area contributed by atoms with E-state index in [-0.39, 0.29) is 5.54 Å². The standard InChI is InChI=1S/C17H31N3S/c1-13(2)18-10-16-9-15(14(3)21-16)11-20-8-7-19(6)17(4,5)12-20/h9,13,18H,7-8,10-12H2,1-6H3. The zero-order valence-electron chi connectivity index (χ0n) is 14.5. The first kappa shape index (κ1) is 16.9. The molecule has 1 saturated heterocycles. The fourth-order valence-electron chi connectivity index (χ4n) is 2.85. The summed E-state index contributed by atoms with van der Waals surface area (Å²) in [5, 5.41) is 3.51. The first-order chi connectivity index (χ1) is 9.78. The Labute approximate surface area is 134 Å². The first-order valence-corrected chi connectivity index (χ1v) is 8.85. The molecule has 0 bridgehead atoms. The molecule has 2 rings (SSSR count). The number of hydrogen-bond acceptors (Lipinski definition) is 4. The molecule has 0 atom stereocenters. The quantitative estimate of drug-likeness (QED) is 0.902. The largest absolute Gasteiger partial charge is 0.310 e. The molecule has 0 amide bonds. The minimum Gasteiger partial charge on any atom is -0.310 e. The zero-order chi connectivity index (χ0) is 15.6. The van der Waals surface area contributed by atoms with Crippen LogP contribution >= 0.6 is 11.3 Å². The van der Waals surface area contributed by atoms with Crippen LogP contribution in [0.15, 0.2) is 6.07 Å². The summed E-state index contributed by atoms with van der Waals surface area (Å²) in [6, 6.07) is 2.95. The molecule has 0 aliphatic carbocycles. The summed E-state index contributed by atoms with van der Waals surface area (Å²) in [6.07, 6.45) is 0. The molecule has 0 radical (unpaired) electrons. The van der Waals surface area contributed by atoms with Gasteiger partial charge in [0.25, 0.3) is 0 Å². The van der Waals surface area contributed by atoms with Crippen LogP contribution in [0.25, 0.3) is 0 Å². The summed E-state index contributed by atoms with van der Waals surface area (Å²) in [4.78, 5) is 8.02. The molecular weight excluding hydrogens is 278 g/mol. The van der Waals surface area contributed by atoms with E-state index in [2.05, 4.69) is 62.8 Å². The minimum absolute atomic E-state index is 0.282. The number of rotatable bonds is 5. The summed E-state index contributed by atoms with van der Waals surface area (Å²) < 4.78 is 0. The highest BCUT2D eigenvalue weighted by Gasteiger charge is 2.31. The summed E-state index contributed by atoms with van der Waals surface area (Å²) in [5.41, 5.74) is 1.80. The Morgan fingerprint density at radius 1 is 1.33 bits per heavy atom. The molecule has 21 heavy (non-hydrogen) atoms. The highest BCUT2D eigenvalue weighted by atomic mass is 32.1. The van der Waals surface area contributed by atoms with E-state index >= 15 is 0 Å². The molecule has 0 saturated carbocycles. The Hall–Kier alpha value is -0.420. The molecule has 1 aliphatic rings. The SMILES string of the molecule is Cc1sc(CNC(C)C)cc1CN1CCN(C)C(C)(C)C1. The van der Waals surface area contributed by atoms with Crippen molar-refractivity contribution in [1.82, 2.24) is 15.1 Å². The van der Waals surface area contributed by atoms with Crippen LogP contribution in [0.3, 0.4) is 0 Å². The van der Waals surface area contributed by atoms with E-state index in [4.69, 9.17) is 0 Å². The van der Waals surface area contributed by atoms with Gasteiger partial charge in [-0.15, -0.1) is 11.3 Å². The van der Waals surface area contributed by atoms with Crippen LogP contribution in [0.2, 0.25) is 0 Å². The number of thiophene rings is 1. The lowest BCUT2D eigenvalue weighted by molar-refractivity contribution is 0.0360. The summed E-state index contributed by atoms with van der Waals surface area (Å²) in [5.74, 6) is 0. The van der Waals surface area contributed by atoms with Crippen molar-refractivity contribution in [3.05, 3.63) is 21.4 Å². The second-order valence-corrected chi connectivity index (χ2v) is 8.62. The average molecular weight is 310 g/mol. The van der Waals surface area contributed by atoms with Gasteiger partial charge in [0.05, 0.1) is 0 Å². The van der Waals surface area contributed by atoms with Crippen LogP contribution in [-0.2, 0) is 13.1 Å². The molecule has 3 nitrogen and oxygen atoms in total. The lowest BCUT2D eigenvalue weighted by Crippen LogP contribution is -2.57. The third kappa shape index (κ3) is 4.52. The van der Waals surface area contributed by atoms with Crippen molar-refractivity contribution >= 4 is 11.3 Å². The molecule has 2 heterocycles. The van der Waals surface area contributed by atoms with Crippen LogP contribution in [-0.4, -0.2) is 48.1 Å². The van der Waals surface area contributed by atoms with Crippen LogP contribution in [0.5, 0.6) is 0 Å². The predicted molar refractivity (Wildman–Crippen MR) is 93.0 cm³/mol. The zero-order valence-corrected chi connectivity index (χ0v) is 15.3. The van der Waals surface area contributed by atoms with E-state index in [0.717, 1.165) is 26.2 Å². The number of piperazine rings is 1. The first-order valence-electron chi connectivity index (χ1n) is 8.03. The normalized spacial score (nSPS) is 20.3. The molecule has 0 aromatic carbocycles. The Bertz CT molecular complexity index is 465. The molecule has 1 N–H and O–H groups in total. The van der Waals surface area contributed by atoms with E-state index in [0.29, 0.717) is 6.04 Å². The molecule has 1 fully saturated rings. The van der Waals surface area contributed by atoms with Crippen molar-refractivity contribution in [1.29, 1.82) is 0 Å². The van der Waals surface area contributed by atoms with Gasteiger partial charge in [0, 0.05) is 54.1 Å². The molecule has 1 aromatic rings. The Kier molecular flexibility index (Phi) is 5.47. The molecule has 0 unspecified atom stereocenters. The lowest BCUT2D eigenvalue weighted by Gasteiger charge is -2.45. The summed E-state index contributed by atoms with van der Waals surface area (Å²) in [6.45, 7) is 16.9. The van der Waals surface area contributed by atoms with Gasteiger partial charge < -0.3 is 5.32 Å². The Morgan fingerprint density at radius 3 is 2.67 bits per heavy atom. The predicted octanol–water partition coefficient (Wildman–Crippen LogP) is 3.08. The van der Waals surface area contributed by atoms with Gasteiger partial charge in [-0.25, -0.2) is 0 Å². The average Bonchev–Trinajstić information content (AvgIpc) is 2.72. The lowest BCUT2D eigenvalue weighted by atomic mass is 9.99. The van der Waals surface area contributed by atoms with Crippen molar-refractivity contribution < 1.29 is 0 Å². The van der Waals surface area contributed by atoms with Gasteiger partial charge >= 0.3 is 0 Å². The van der Waals surface area contributed by atoms with Crippen molar-refractivity contribution in [3.8, 4) is 0 Å².